The van der Waals surface area contributed by atoms with Gasteiger partial charge in [-0.2, -0.15) is 0 Å². The van der Waals surface area contributed by atoms with Crippen molar-refractivity contribution >= 4 is 46.8 Å². The minimum absolute atomic E-state index is 0.00164. The van der Waals surface area contributed by atoms with E-state index < -0.39 is 61.4 Å². The maximum Gasteiger partial charge on any atom is 0.338 e. The molecule has 13 aliphatic rings. The Kier molecular flexibility index (Phi) is 12.8. The van der Waals surface area contributed by atoms with Crippen LogP contribution in [0, 0.1) is 106 Å². The van der Waals surface area contributed by atoms with E-state index >= 15 is 0 Å². The lowest BCUT2D eigenvalue weighted by Crippen LogP contribution is -2.64. The largest absolute Gasteiger partial charge is 0.461 e. The van der Waals surface area contributed by atoms with Crippen molar-refractivity contribution in [3.63, 3.8) is 0 Å². The lowest BCUT2D eigenvalue weighted by atomic mass is 9.44. The van der Waals surface area contributed by atoms with Gasteiger partial charge in [0.05, 0.1) is 49.4 Å². The van der Waals surface area contributed by atoms with Crippen molar-refractivity contribution in [1.82, 2.24) is 0 Å². The summed E-state index contributed by atoms with van der Waals surface area (Å²) >= 11 is 0. The Balaban J connectivity index is 0.592. The van der Waals surface area contributed by atoms with Gasteiger partial charge in [0.25, 0.3) is 11.4 Å². The number of ether oxygens (including phenoxy) is 6. The second-order valence-corrected chi connectivity index (χ2v) is 30.1. The summed E-state index contributed by atoms with van der Waals surface area (Å²) in [7, 11) is 0. The number of carbonyl (C=O) groups excluding carboxylic acids is 6. The molecule has 4 aliphatic heterocycles. The Bertz CT molecular complexity index is 3530. The molecular formula is C70H78N2O16. The fourth-order valence-corrected chi connectivity index (χ4v) is 22.7. The van der Waals surface area contributed by atoms with Crippen molar-refractivity contribution in [3.05, 3.63) is 127 Å². The molecule has 23 atom stereocenters. The van der Waals surface area contributed by atoms with Gasteiger partial charge in [0, 0.05) is 42.7 Å². The lowest BCUT2D eigenvalue weighted by Gasteiger charge is -2.58. The summed E-state index contributed by atoms with van der Waals surface area (Å²) in [6.45, 7) is 18.0. The molecule has 2 aromatic rings. The first-order chi connectivity index (χ1) is 41.8. The van der Waals surface area contributed by atoms with Crippen LogP contribution in [-0.4, -0.2) is 93.1 Å². The number of hydrogen-bond donors (Lipinski definition) is 0. The number of ketones is 2. The van der Waals surface area contributed by atoms with Crippen molar-refractivity contribution in [2.75, 3.05) is 0 Å². The molecule has 18 heteroatoms. The molecule has 3 spiro atoms. The predicted octanol–water partition coefficient (Wildman–Crippen LogP) is 11.7. The number of esters is 4. The summed E-state index contributed by atoms with van der Waals surface area (Å²) < 4.78 is 38.7. The molecule has 3 saturated heterocycles. The van der Waals surface area contributed by atoms with E-state index in [4.69, 9.17) is 28.4 Å². The standard InChI is InChI=1S/C70H78N2O16/c1-35-30-52(36(2)46-16-18-48-44-32-58-69(87-58)56(85-60(75)38-8-12-41(13-9-38)71(79)80)22-20-54(73)66(69,6)50(44)25-27-64(46,48)4)84-63(78)68(35)29-24-43-40(34-68)31-53(83-62(43)77)37(3)47-17-19-49-45-33-59-70(88-59)57(86-61(76)39-10-14-42(15-11-39)72(81)82)23-21-55(74)67(70,7)51(45)26-28-65(47,49)5/h8-15,20-23,36-37,44-53,56-59H,1,16-19,24-34H2,2-7H3/t36-,37-,44-,45-,46+,47+,48-,49-,50-,51-,52-,53-,56-,57-,58+,59+,64+,65+,66-,67-,68+,69+,70+/m0/s1. The lowest BCUT2D eigenvalue weighted by molar-refractivity contribution is -0.385. The number of nitro groups is 2. The minimum Gasteiger partial charge on any atom is -0.461 e. The molecule has 2 aromatic carbocycles. The average molecular weight is 1200 g/mol. The van der Waals surface area contributed by atoms with Crippen LogP contribution < -0.4 is 0 Å². The van der Waals surface area contributed by atoms with E-state index in [0.717, 1.165) is 75.4 Å². The van der Waals surface area contributed by atoms with Crippen LogP contribution in [-0.2, 0) is 47.6 Å². The number of fused-ring (bicyclic) bond motifs is 8. The van der Waals surface area contributed by atoms with Crippen LogP contribution in [0.3, 0.4) is 0 Å². The van der Waals surface area contributed by atoms with Gasteiger partial charge in [-0.05, 0) is 216 Å². The number of nitrogens with zero attached hydrogens (tertiary/aromatic N) is 2. The van der Waals surface area contributed by atoms with Crippen LogP contribution in [0.4, 0.5) is 11.4 Å². The molecule has 88 heavy (non-hydrogen) atoms. The van der Waals surface area contributed by atoms with Crippen LogP contribution in [0.1, 0.15) is 159 Å². The third-order valence-electron chi connectivity index (χ3n) is 27.3. The highest BCUT2D eigenvalue weighted by molar-refractivity contribution is 6.00. The molecule has 4 heterocycles. The molecule has 464 valence electrons. The van der Waals surface area contributed by atoms with Gasteiger partial charge in [0.1, 0.15) is 23.4 Å². The Hall–Kier alpha value is -6.66. The van der Waals surface area contributed by atoms with E-state index in [-0.39, 0.29) is 129 Å². The van der Waals surface area contributed by atoms with Crippen LogP contribution in [0.2, 0.25) is 0 Å². The van der Waals surface area contributed by atoms with Gasteiger partial charge >= 0.3 is 23.9 Å². The van der Waals surface area contributed by atoms with Gasteiger partial charge in [-0.3, -0.25) is 34.6 Å². The van der Waals surface area contributed by atoms with Gasteiger partial charge in [-0.1, -0.05) is 45.4 Å². The number of hydrogen-bond acceptors (Lipinski definition) is 16. The number of rotatable bonds is 10. The molecule has 9 aliphatic carbocycles. The topological polar surface area (TPSA) is 251 Å². The summed E-state index contributed by atoms with van der Waals surface area (Å²) in [5.41, 5.74) is -2.30. The van der Waals surface area contributed by atoms with Crippen molar-refractivity contribution in [2.45, 2.75) is 186 Å². The Morgan fingerprint density at radius 2 is 1.07 bits per heavy atom. The van der Waals surface area contributed by atoms with Crippen molar-refractivity contribution in [1.29, 1.82) is 0 Å². The van der Waals surface area contributed by atoms with E-state index in [2.05, 4.69) is 34.3 Å². The van der Waals surface area contributed by atoms with E-state index in [1.807, 2.05) is 13.8 Å². The van der Waals surface area contributed by atoms with Crippen LogP contribution in [0.15, 0.2) is 96.1 Å². The summed E-state index contributed by atoms with van der Waals surface area (Å²) in [5, 5.41) is 22.6. The van der Waals surface area contributed by atoms with Gasteiger partial charge < -0.3 is 28.4 Å². The number of allylic oxidation sites excluding steroid dienone is 2. The Morgan fingerprint density at radius 3 is 1.51 bits per heavy atom. The molecule has 0 unspecified atom stereocenters. The molecule has 18 nitrogen and oxygen atoms in total. The van der Waals surface area contributed by atoms with Crippen LogP contribution >= 0.6 is 0 Å². The summed E-state index contributed by atoms with van der Waals surface area (Å²) in [4.78, 5) is 106. The molecule has 0 N–H and O–H groups in total. The highest BCUT2D eigenvalue weighted by Crippen LogP contribution is 2.76. The number of non-ortho nitro benzene ring substituents is 2. The van der Waals surface area contributed by atoms with Gasteiger partial charge in [-0.15, -0.1) is 0 Å². The molecule has 0 radical (unpaired) electrons. The summed E-state index contributed by atoms with van der Waals surface area (Å²) in [6.07, 6.45) is 14.6. The third-order valence-corrected chi connectivity index (χ3v) is 27.3. The summed E-state index contributed by atoms with van der Waals surface area (Å²) in [5.74, 6) is -0.280. The smallest absolute Gasteiger partial charge is 0.338 e. The zero-order chi connectivity index (χ0) is 61.7. The molecule has 9 fully saturated rings. The number of carbonyl (C=O) groups is 6. The second kappa shape index (κ2) is 19.4. The molecule has 15 rings (SSSR count). The Morgan fingerprint density at radius 1 is 0.614 bits per heavy atom. The number of benzene rings is 2. The first kappa shape index (κ1) is 57.8. The number of nitro benzene ring substituents is 2. The van der Waals surface area contributed by atoms with E-state index in [1.54, 1.807) is 24.3 Å². The highest BCUT2D eigenvalue weighted by Gasteiger charge is 2.83. The van der Waals surface area contributed by atoms with Gasteiger partial charge in [-0.25, -0.2) is 14.4 Å². The highest BCUT2D eigenvalue weighted by atomic mass is 16.7. The average Bonchev–Trinajstić information content (AvgIpc) is 1.51. The zero-order valence-electron chi connectivity index (χ0n) is 50.9. The third kappa shape index (κ3) is 7.65. The number of cyclic esters (lactones) is 2. The first-order valence-corrected chi connectivity index (χ1v) is 32.4. The van der Waals surface area contributed by atoms with Crippen LogP contribution in [0.5, 0.6) is 0 Å². The van der Waals surface area contributed by atoms with Gasteiger partial charge in [0.2, 0.25) is 0 Å². The van der Waals surface area contributed by atoms with E-state index in [9.17, 15) is 49.0 Å². The molecule has 0 bridgehead atoms. The maximum absolute atomic E-state index is 14.9. The second-order valence-electron chi connectivity index (χ2n) is 30.1. The fraction of sp³-hybridized carbons (Fsp3) is 0.629. The monoisotopic (exact) mass is 1200 g/mol. The first-order valence-electron chi connectivity index (χ1n) is 32.4. The Labute approximate surface area is 511 Å². The fourth-order valence-electron chi connectivity index (χ4n) is 22.7. The molecule has 6 saturated carbocycles. The van der Waals surface area contributed by atoms with Gasteiger partial charge in [0.15, 0.2) is 23.8 Å². The molecular weight excluding hydrogens is 1120 g/mol. The zero-order valence-corrected chi connectivity index (χ0v) is 50.9. The van der Waals surface area contributed by atoms with E-state index in [1.165, 1.54) is 48.5 Å². The summed E-state index contributed by atoms with van der Waals surface area (Å²) in [6, 6.07) is 10.6. The maximum atomic E-state index is 14.9. The van der Waals surface area contributed by atoms with Crippen LogP contribution in [0.25, 0.3) is 0 Å². The normalized spacial score (nSPS) is 45.3. The number of epoxide rings is 2. The molecule has 0 amide bonds. The molecule has 0 aromatic heterocycles. The van der Waals surface area contributed by atoms with Crippen molar-refractivity contribution < 1.29 is 67.0 Å². The SMILES string of the molecule is C=C1C[C@@H]([C@@H](C)[C@H]2CC[C@H]3[C@@H]4C[C@H]5O[C@]56[C@@H](OC(=O)c5ccc([N+](=O)[O-])cc5)C=CC(=O)[C@]6(C)[C@H]4CC[C@]23C)OC(=O)[C@@]12CCC1=C(C[C@@H]([C@@H](C)[C@H]3CC[C@H]4[C@@H]5C[C@H]6O[C@]67[C@@H](OC(=O)c6ccc([N+](=O)[O-])cc6)C=CC(=O)[C@]7(C)[C@H]5CC[C@]34C)OC1=O)C2. The minimum atomic E-state index is -0.992. The quantitative estimate of drug-likeness (QED) is 0.0535. The van der Waals surface area contributed by atoms with E-state index in [0.29, 0.717) is 49.5 Å². The van der Waals surface area contributed by atoms with Crippen molar-refractivity contribution in [2.24, 2.45) is 86.3 Å². The predicted molar refractivity (Wildman–Crippen MR) is 314 cm³/mol. The van der Waals surface area contributed by atoms with Crippen molar-refractivity contribution in [3.8, 4) is 0 Å².